The van der Waals surface area contributed by atoms with Crippen molar-refractivity contribution in [1.82, 2.24) is 0 Å². The van der Waals surface area contributed by atoms with E-state index < -0.39 is 8.38 Å². The van der Waals surface area contributed by atoms with E-state index in [0.717, 1.165) is 43.2 Å². The first-order valence-electron chi connectivity index (χ1n) is 11.3. The second kappa shape index (κ2) is 10.5. The maximum absolute atomic E-state index is 10.7. The van der Waals surface area contributed by atoms with Crippen molar-refractivity contribution in [2.24, 2.45) is 11.8 Å². The lowest BCUT2D eigenvalue weighted by molar-refractivity contribution is 0.111. The first-order valence-corrected chi connectivity index (χ1v) is 13.4. The van der Waals surface area contributed by atoms with E-state index in [1.54, 1.807) is 12.1 Å². The van der Waals surface area contributed by atoms with E-state index in [4.69, 9.17) is 23.2 Å². The summed E-state index contributed by atoms with van der Waals surface area (Å²) in [5.74, 6) is 0.865. The predicted molar refractivity (Wildman–Crippen MR) is 129 cm³/mol. The molecule has 2 aromatic carbocycles. The van der Waals surface area contributed by atoms with Gasteiger partial charge in [-0.05, 0) is 72.8 Å². The molecule has 2 saturated carbocycles. The zero-order chi connectivity index (χ0) is 22.0. The van der Waals surface area contributed by atoms with Crippen molar-refractivity contribution < 1.29 is 14.9 Å². The maximum Gasteiger partial charge on any atom is 0.199 e. The van der Waals surface area contributed by atoms with E-state index in [0.29, 0.717) is 11.2 Å². The molecule has 5 atom stereocenters. The molecular formula is C25H31Cl2O3P. The molecule has 5 unspecified atom stereocenters. The van der Waals surface area contributed by atoms with Crippen LogP contribution in [-0.2, 0) is 6.42 Å². The Morgan fingerprint density at radius 2 is 1.55 bits per heavy atom. The summed E-state index contributed by atoms with van der Waals surface area (Å²) in [6.07, 6.45) is 6.91. The van der Waals surface area contributed by atoms with Gasteiger partial charge in [0.25, 0.3) is 0 Å². The summed E-state index contributed by atoms with van der Waals surface area (Å²) >= 11 is 13.5. The Hall–Kier alpha value is -0.670. The monoisotopic (exact) mass is 480 g/mol. The predicted octanol–water partition coefficient (Wildman–Crippen LogP) is 5.78. The van der Waals surface area contributed by atoms with Crippen LogP contribution in [0.4, 0.5) is 0 Å². The SMILES string of the molecule is OC(c1ccc(C2C(Cl)CC(Cl)C2CCc2ccc(P(O)O)cc2)cc1)C1CCCC1. The summed E-state index contributed by atoms with van der Waals surface area (Å²) in [4.78, 5) is 18.7. The summed E-state index contributed by atoms with van der Waals surface area (Å²) in [6, 6.07) is 15.9. The Kier molecular flexibility index (Phi) is 7.96. The smallest absolute Gasteiger partial charge is 0.199 e. The molecule has 2 aliphatic carbocycles. The summed E-state index contributed by atoms with van der Waals surface area (Å²) < 4.78 is 0. The van der Waals surface area contributed by atoms with E-state index in [1.165, 1.54) is 18.4 Å². The molecule has 168 valence electrons. The maximum atomic E-state index is 10.7. The van der Waals surface area contributed by atoms with E-state index in [9.17, 15) is 14.9 Å². The van der Waals surface area contributed by atoms with Crippen molar-refractivity contribution in [3.8, 4) is 0 Å². The van der Waals surface area contributed by atoms with Crippen LogP contribution in [0.1, 0.15) is 67.2 Å². The molecule has 0 saturated heterocycles. The third-order valence-corrected chi connectivity index (χ3v) is 8.92. The van der Waals surface area contributed by atoms with Gasteiger partial charge in [-0.3, -0.25) is 0 Å². The molecule has 0 aromatic heterocycles. The summed E-state index contributed by atoms with van der Waals surface area (Å²) in [7, 11) is -2.04. The third-order valence-electron chi connectivity index (χ3n) is 7.21. The first kappa shape index (κ1) is 23.5. The highest BCUT2D eigenvalue weighted by Gasteiger charge is 2.42. The lowest BCUT2D eigenvalue weighted by atomic mass is 9.84. The fraction of sp³-hybridized carbons (Fsp3) is 0.520. The van der Waals surface area contributed by atoms with Gasteiger partial charge in [0.1, 0.15) is 0 Å². The third kappa shape index (κ3) is 5.46. The minimum Gasteiger partial charge on any atom is -0.388 e. The summed E-state index contributed by atoms with van der Waals surface area (Å²) in [6.45, 7) is 0. The molecule has 0 spiro atoms. The van der Waals surface area contributed by atoms with E-state index >= 15 is 0 Å². The number of rotatable bonds is 7. The van der Waals surface area contributed by atoms with Gasteiger partial charge in [0, 0.05) is 22.0 Å². The Morgan fingerprint density at radius 1 is 0.903 bits per heavy atom. The van der Waals surface area contributed by atoms with Gasteiger partial charge in [-0.25, -0.2) is 0 Å². The molecule has 0 radical (unpaired) electrons. The van der Waals surface area contributed by atoms with Gasteiger partial charge in [0.15, 0.2) is 8.38 Å². The average Bonchev–Trinajstić information content (AvgIpc) is 3.40. The van der Waals surface area contributed by atoms with Gasteiger partial charge in [0.05, 0.1) is 6.10 Å². The van der Waals surface area contributed by atoms with Gasteiger partial charge >= 0.3 is 0 Å². The topological polar surface area (TPSA) is 60.7 Å². The Balaban J connectivity index is 1.44. The lowest BCUT2D eigenvalue weighted by Gasteiger charge is -2.25. The minimum atomic E-state index is -2.04. The van der Waals surface area contributed by atoms with Crippen molar-refractivity contribution >= 4 is 36.9 Å². The molecule has 0 bridgehead atoms. The summed E-state index contributed by atoms with van der Waals surface area (Å²) in [5.41, 5.74) is 3.37. The quantitative estimate of drug-likeness (QED) is 0.347. The number of halogens is 2. The van der Waals surface area contributed by atoms with Crippen LogP contribution in [0.25, 0.3) is 0 Å². The number of hydrogen-bond donors (Lipinski definition) is 3. The molecule has 0 aliphatic heterocycles. The van der Waals surface area contributed by atoms with Crippen LogP contribution >= 0.6 is 31.6 Å². The number of aliphatic hydroxyl groups is 1. The van der Waals surface area contributed by atoms with Gasteiger partial charge < -0.3 is 14.9 Å². The highest BCUT2D eigenvalue weighted by Crippen LogP contribution is 2.48. The van der Waals surface area contributed by atoms with Gasteiger partial charge in [-0.1, -0.05) is 49.2 Å². The molecule has 2 aliphatic rings. The van der Waals surface area contributed by atoms with Crippen LogP contribution in [0.2, 0.25) is 0 Å². The lowest BCUT2D eigenvalue weighted by Crippen LogP contribution is -2.18. The van der Waals surface area contributed by atoms with E-state index in [-0.39, 0.29) is 28.7 Å². The minimum absolute atomic E-state index is 0.00724. The summed E-state index contributed by atoms with van der Waals surface area (Å²) in [5, 5.41) is 11.3. The molecular weight excluding hydrogens is 450 g/mol. The molecule has 31 heavy (non-hydrogen) atoms. The van der Waals surface area contributed by atoms with Gasteiger partial charge in [-0.2, -0.15) is 0 Å². The Morgan fingerprint density at radius 3 is 2.16 bits per heavy atom. The Bertz CT molecular complexity index is 837. The van der Waals surface area contributed by atoms with Gasteiger partial charge in [0.2, 0.25) is 0 Å². The zero-order valence-corrected chi connectivity index (χ0v) is 20.0. The van der Waals surface area contributed by atoms with Crippen molar-refractivity contribution in [3.05, 3.63) is 65.2 Å². The number of aliphatic hydroxyl groups excluding tert-OH is 1. The van der Waals surface area contributed by atoms with Crippen molar-refractivity contribution in [2.45, 2.75) is 67.7 Å². The van der Waals surface area contributed by atoms with Crippen LogP contribution < -0.4 is 5.30 Å². The molecule has 0 heterocycles. The largest absolute Gasteiger partial charge is 0.388 e. The standard InChI is InChI=1S/C25H31Cl2O3P/c26-22-15-23(27)24(21(22)14-7-16-5-12-20(13-6-16)31(29)30)17-8-10-19(11-9-17)25(28)18-3-1-2-4-18/h5-6,8-13,18,21-25,28-30H,1-4,7,14-15H2. The fourth-order valence-corrected chi connectivity index (χ4v) is 6.94. The average molecular weight is 481 g/mol. The van der Waals surface area contributed by atoms with Crippen LogP contribution in [0.15, 0.2) is 48.5 Å². The first-order chi connectivity index (χ1) is 14.9. The van der Waals surface area contributed by atoms with Crippen LogP contribution in [0.3, 0.4) is 0 Å². The van der Waals surface area contributed by atoms with Crippen LogP contribution in [0, 0.1) is 11.8 Å². The Labute approximate surface area is 196 Å². The normalized spacial score (nSPS) is 27.8. The second-order valence-corrected chi connectivity index (χ2v) is 11.3. The van der Waals surface area contributed by atoms with Crippen LogP contribution in [-0.4, -0.2) is 25.6 Å². The number of benzene rings is 2. The molecule has 3 nitrogen and oxygen atoms in total. The number of alkyl halides is 2. The molecule has 3 N–H and O–H groups in total. The van der Waals surface area contributed by atoms with Crippen molar-refractivity contribution in [3.63, 3.8) is 0 Å². The van der Waals surface area contributed by atoms with E-state index in [2.05, 4.69) is 24.3 Å². The van der Waals surface area contributed by atoms with E-state index in [1.807, 2.05) is 12.1 Å². The van der Waals surface area contributed by atoms with Crippen molar-refractivity contribution in [2.75, 3.05) is 0 Å². The number of aryl methyl sites for hydroxylation is 1. The molecule has 4 rings (SSSR count). The fourth-order valence-electron chi connectivity index (χ4n) is 5.44. The number of hydrogen-bond acceptors (Lipinski definition) is 3. The molecule has 2 aromatic rings. The molecule has 0 amide bonds. The van der Waals surface area contributed by atoms with Crippen LogP contribution in [0.5, 0.6) is 0 Å². The molecule has 2 fully saturated rings. The molecule has 6 heteroatoms. The van der Waals surface area contributed by atoms with Gasteiger partial charge in [-0.15, -0.1) is 23.2 Å². The highest BCUT2D eigenvalue weighted by atomic mass is 35.5. The highest BCUT2D eigenvalue weighted by molar-refractivity contribution is 7.54. The zero-order valence-electron chi connectivity index (χ0n) is 17.6. The van der Waals surface area contributed by atoms with Crippen molar-refractivity contribution in [1.29, 1.82) is 0 Å². The second-order valence-electron chi connectivity index (χ2n) is 9.11.